The minimum Gasteiger partial charge on any atom is -0.508 e. The molecule has 0 radical (unpaired) electrons. The average molecular weight is 559 g/mol. The number of aldehydes is 1. The van der Waals surface area contributed by atoms with E-state index in [-0.39, 0.29) is 17.2 Å². The zero-order chi connectivity index (χ0) is 28.9. The third-order valence-corrected chi connectivity index (χ3v) is 8.09. The maximum Gasteiger partial charge on any atom is 0.126 e. The van der Waals surface area contributed by atoms with Crippen LogP contribution in [0.1, 0.15) is 173 Å². The van der Waals surface area contributed by atoms with Gasteiger partial charge in [0.25, 0.3) is 0 Å². The molecular weight excluding hydrogens is 496 g/mol. The smallest absolute Gasteiger partial charge is 0.126 e. The molecule has 1 aromatic rings. The summed E-state index contributed by atoms with van der Waals surface area (Å²) in [5.41, 5.74) is 0.535. The van der Waals surface area contributed by atoms with Gasteiger partial charge < -0.3 is 20.1 Å². The summed E-state index contributed by atoms with van der Waals surface area (Å²) in [4.78, 5) is 10.3. The van der Waals surface area contributed by atoms with E-state index < -0.39 is 0 Å². The van der Waals surface area contributed by atoms with Gasteiger partial charge in [-0.05, 0) is 44.9 Å². The van der Waals surface area contributed by atoms with Crippen molar-refractivity contribution < 1.29 is 20.1 Å². The molecule has 0 unspecified atom stereocenters. The van der Waals surface area contributed by atoms with Crippen molar-refractivity contribution >= 4 is 6.29 Å². The molecule has 0 heterocycles. The SMILES string of the molecule is O=CCCCCCCCCCCCCCCCCCCCCCCC=CCCCCCc1c(O)cc(O)cc1O. The van der Waals surface area contributed by atoms with Gasteiger partial charge in [-0.1, -0.05) is 134 Å². The van der Waals surface area contributed by atoms with Crippen LogP contribution < -0.4 is 0 Å². The fourth-order valence-electron chi connectivity index (χ4n) is 5.53. The standard InChI is InChI=1S/C36H62O4/c37-30-28-26-24-22-20-18-16-14-12-10-8-6-4-2-1-3-5-7-9-11-13-15-17-19-21-23-25-27-29-34-35(39)31-33(38)32-36(34)40/h17,19,30-32,38-40H,1-16,18,20-29H2. The van der Waals surface area contributed by atoms with E-state index in [0.29, 0.717) is 12.0 Å². The minimum absolute atomic E-state index is 0.0212. The van der Waals surface area contributed by atoms with Gasteiger partial charge in [0.2, 0.25) is 0 Å². The van der Waals surface area contributed by atoms with E-state index in [1.54, 1.807) is 0 Å². The van der Waals surface area contributed by atoms with E-state index in [9.17, 15) is 20.1 Å². The molecule has 0 spiro atoms. The predicted molar refractivity (Wildman–Crippen MR) is 170 cm³/mol. The van der Waals surface area contributed by atoms with Gasteiger partial charge in [-0.3, -0.25) is 0 Å². The molecule has 0 saturated heterocycles. The number of hydrogen-bond acceptors (Lipinski definition) is 4. The summed E-state index contributed by atoms with van der Waals surface area (Å²) < 4.78 is 0. The lowest BCUT2D eigenvalue weighted by Crippen LogP contribution is -1.88. The van der Waals surface area contributed by atoms with E-state index in [0.717, 1.165) is 44.8 Å². The Hall–Kier alpha value is -1.97. The molecule has 1 aromatic carbocycles. The monoisotopic (exact) mass is 558 g/mol. The number of rotatable bonds is 29. The number of phenolic OH excluding ortho intramolecular Hbond substituents is 3. The Balaban J connectivity index is 1.73. The van der Waals surface area contributed by atoms with Crippen LogP contribution in [0.25, 0.3) is 0 Å². The van der Waals surface area contributed by atoms with Crippen molar-refractivity contribution in [3.63, 3.8) is 0 Å². The Morgan fingerprint density at radius 1 is 0.425 bits per heavy atom. The van der Waals surface area contributed by atoms with Gasteiger partial charge in [0.05, 0.1) is 0 Å². The second-order valence-corrected chi connectivity index (χ2v) is 11.8. The molecule has 0 fully saturated rings. The summed E-state index contributed by atoms with van der Waals surface area (Å²) in [5.74, 6) is -0.149. The molecule has 0 aliphatic heterocycles. The first-order valence-corrected chi connectivity index (χ1v) is 17.0. The summed E-state index contributed by atoms with van der Waals surface area (Å²) in [6.07, 6.45) is 39.9. The normalized spacial score (nSPS) is 11.5. The van der Waals surface area contributed by atoms with Crippen molar-refractivity contribution in [1.29, 1.82) is 0 Å². The maximum absolute atomic E-state index is 10.3. The average Bonchev–Trinajstić information content (AvgIpc) is 2.93. The molecule has 230 valence electrons. The molecule has 4 nitrogen and oxygen atoms in total. The van der Waals surface area contributed by atoms with Crippen LogP contribution in [0.5, 0.6) is 17.2 Å². The molecule has 0 saturated carbocycles. The van der Waals surface area contributed by atoms with Crippen LogP contribution in [0.2, 0.25) is 0 Å². The lowest BCUT2D eigenvalue weighted by molar-refractivity contribution is -0.107. The van der Waals surface area contributed by atoms with Crippen molar-refractivity contribution in [3.8, 4) is 17.2 Å². The molecule has 0 aromatic heterocycles. The highest BCUT2D eigenvalue weighted by atomic mass is 16.3. The van der Waals surface area contributed by atoms with E-state index >= 15 is 0 Å². The number of aromatic hydroxyl groups is 3. The molecule has 40 heavy (non-hydrogen) atoms. The summed E-state index contributed by atoms with van der Waals surface area (Å²) in [6.45, 7) is 0. The van der Waals surface area contributed by atoms with Crippen molar-refractivity contribution in [3.05, 3.63) is 29.8 Å². The number of phenols is 3. The fourth-order valence-corrected chi connectivity index (χ4v) is 5.53. The predicted octanol–water partition coefficient (Wildman–Crippen LogP) is 11.2. The molecule has 0 aliphatic rings. The second-order valence-electron chi connectivity index (χ2n) is 11.8. The Morgan fingerprint density at radius 2 is 0.725 bits per heavy atom. The highest BCUT2D eigenvalue weighted by molar-refractivity contribution is 5.49. The number of unbranched alkanes of at least 4 members (excludes halogenated alkanes) is 24. The number of benzene rings is 1. The maximum atomic E-state index is 10.3. The number of carbonyl (C=O) groups is 1. The topological polar surface area (TPSA) is 77.8 Å². The zero-order valence-electron chi connectivity index (χ0n) is 25.7. The van der Waals surface area contributed by atoms with Gasteiger partial charge in [-0.2, -0.15) is 0 Å². The molecule has 1 rings (SSSR count). The molecule has 0 aliphatic carbocycles. The summed E-state index contributed by atoms with van der Waals surface area (Å²) >= 11 is 0. The van der Waals surface area contributed by atoms with Crippen LogP contribution in [-0.4, -0.2) is 21.6 Å². The van der Waals surface area contributed by atoms with E-state index in [4.69, 9.17) is 0 Å². The molecule has 4 heteroatoms. The van der Waals surface area contributed by atoms with Crippen LogP contribution in [-0.2, 0) is 11.2 Å². The molecule has 0 amide bonds. The van der Waals surface area contributed by atoms with Gasteiger partial charge >= 0.3 is 0 Å². The lowest BCUT2D eigenvalue weighted by Gasteiger charge is -2.07. The molecule has 0 atom stereocenters. The Labute approximate surface area is 246 Å². The lowest BCUT2D eigenvalue weighted by atomic mass is 10.0. The zero-order valence-corrected chi connectivity index (χ0v) is 25.7. The van der Waals surface area contributed by atoms with Crippen molar-refractivity contribution in [1.82, 2.24) is 0 Å². The Morgan fingerprint density at radius 3 is 1.07 bits per heavy atom. The Bertz CT molecular complexity index is 719. The van der Waals surface area contributed by atoms with Crippen LogP contribution in [0, 0.1) is 0 Å². The van der Waals surface area contributed by atoms with Crippen molar-refractivity contribution in [2.24, 2.45) is 0 Å². The fraction of sp³-hybridized carbons (Fsp3) is 0.750. The van der Waals surface area contributed by atoms with Gasteiger partial charge in [0, 0.05) is 24.1 Å². The quantitative estimate of drug-likeness (QED) is 0.0519. The highest BCUT2D eigenvalue weighted by Gasteiger charge is 2.09. The van der Waals surface area contributed by atoms with E-state index in [1.807, 2.05) is 0 Å². The summed E-state index contributed by atoms with van der Waals surface area (Å²) in [6, 6.07) is 2.57. The minimum atomic E-state index is -0.107. The van der Waals surface area contributed by atoms with E-state index in [1.165, 1.54) is 141 Å². The number of allylic oxidation sites excluding steroid dienone is 2. The third kappa shape index (κ3) is 21.8. The second kappa shape index (κ2) is 27.2. The van der Waals surface area contributed by atoms with Crippen molar-refractivity contribution in [2.45, 2.75) is 173 Å². The molecule has 0 bridgehead atoms. The van der Waals surface area contributed by atoms with E-state index in [2.05, 4.69) is 12.2 Å². The third-order valence-electron chi connectivity index (χ3n) is 8.09. The van der Waals surface area contributed by atoms with Crippen LogP contribution in [0.3, 0.4) is 0 Å². The van der Waals surface area contributed by atoms with Crippen LogP contribution >= 0.6 is 0 Å². The first-order valence-electron chi connectivity index (χ1n) is 17.0. The van der Waals surface area contributed by atoms with Gasteiger partial charge in [-0.15, -0.1) is 0 Å². The molecule has 3 N–H and O–H groups in total. The highest BCUT2D eigenvalue weighted by Crippen LogP contribution is 2.33. The summed E-state index contributed by atoms with van der Waals surface area (Å²) in [7, 11) is 0. The number of hydrogen-bond donors (Lipinski definition) is 3. The van der Waals surface area contributed by atoms with Crippen LogP contribution in [0.15, 0.2) is 24.3 Å². The van der Waals surface area contributed by atoms with Gasteiger partial charge in [-0.25, -0.2) is 0 Å². The first kappa shape index (κ1) is 36.1. The Kier molecular flexibility index (Phi) is 24.5. The number of carbonyl (C=O) groups excluding carboxylic acids is 1. The largest absolute Gasteiger partial charge is 0.508 e. The van der Waals surface area contributed by atoms with Gasteiger partial charge in [0.15, 0.2) is 0 Å². The van der Waals surface area contributed by atoms with Crippen LogP contribution in [0.4, 0.5) is 0 Å². The van der Waals surface area contributed by atoms with Gasteiger partial charge in [0.1, 0.15) is 23.5 Å². The molecular formula is C36H62O4. The first-order chi connectivity index (χ1) is 19.6. The van der Waals surface area contributed by atoms with Crippen molar-refractivity contribution in [2.75, 3.05) is 0 Å². The summed E-state index contributed by atoms with van der Waals surface area (Å²) in [5, 5.41) is 29.1.